The van der Waals surface area contributed by atoms with Gasteiger partial charge in [0.15, 0.2) is 18.1 Å². The van der Waals surface area contributed by atoms with Crippen LogP contribution in [0.4, 0.5) is 0 Å². The zero-order valence-corrected chi connectivity index (χ0v) is 19.8. The number of aryl methyl sites for hydroxylation is 1. The highest BCUT2D eigenvalue weighted by atomic mass is 16.6. The van der Waals surface area contributed by atoms with E-state index in [1.807, 2.05) is 62.4 Å². The van der Waals surface area contributed by atoms with Crippen molar-refractivity contribution in [1.82, 2.24) is 19.6 Å². The molecule has 1 atom stereocenters. The zero-order chi connectivity index (χ0) is 24.6. The molecule has 0 bridgehead atoms. The molecule has 178 valence electrons. The molecule has 1 aliphatic rings. The van der Waals surface area contributed by atoms with Crippen molar-refractivity contribution in [3.05, 3.63) is 113 Å². The van der Waals surface area contributed by atoms with Crippen molar-refractivity contribution in [3.8, 4) is 17.4 Å². The Labute approximate surface area is 207 Å². The van der Waals surface area contributed by atoms with Crippen LogP contribution in [0, 0.1) is 6.92 Å². The number of phenolic OH excluding ortho intramolecular Hbond substituents is 1. The SMILES string of the molecule is C/C(=N/OCc1nc2c3c(ncn2n1)Oc1cc(O)ccc1C3c1ccccc1)c1ccc(C)cc1. The summed E-state index contributed by atoms with van der Waals surface area (Å²) in [6.45, 7) is 4.06. The predicted octanol–water partition coefficient (Wildman–Crippen LogP) is 5.37. The maximum atomic E-state index is 10.0. The van der Waals surface area contributed by atoms with Gasteiger partial charge in [0, 0.05) is 17.5 Å². The highest BCUT2D eigenvalue weighted by Gasteiger charge is 2.33. The fraction of sp³-hybridized carbons (Fsp3) is 0.143. The highest BCUT2D eigenvalue weighted by molar-refractivity contribution is 5.98. The van der Waals surface area contributed by atoms with E-state index in [0.29, 0.717) is 23.1 Å². The molecule has 8 heteroatoms. The lowest BCUT2D eigenvalue weighted by Gasteiger charge is -2.27. The molecule has 0 aliphatic carbocycles. The molecule has 5 aromatic rings. The smallest absolute Gasteiger partial charge is 0.228 e. The molecular formula is C28H23N5O3. The molecule has 0 amide bonds. The maximum Gasteiger partial charge on any atom is 0.228 e. The molecule has 0 saturated heterocycles. The van der Waals surface area contributed by atoms with E-state index in [-0.39, 0.29) is 18.3 Å². The number of oxime groups is 1. The van der Waals surface area contributed by atoms with Crippen LogP contribution in [0.2, 0.25) is 0 Å². The van der Waals surface area contributed by atoms with Crippen molar-refractivity contribution < 1.29 is 14.7 Å². The third kappa shape index (κ3) is 3.92. The molecule has 1 unspecified atom stereocenters. The van der Waals surface area contributed by atoms with Crippen molar-refractivity contribution in [2.24, 2.45) is 5.16 Å². The zero-order valence-electron chi connectivity index (χ0n) is 19.8. The van der Waals surface area contributed by atoms with Gasteiger partial charge in [-0.05, 0) is 31.0 Å². The first-order chi connectivity index (χ1) is 17.6. The Kier molecular flexibility index (Phi) is 5.33. The highest BCUT2D eigenvalue weighted by Crippen LogP contribution is 2.48. The van der Waals surface area contributed by atoms with Crippen LogP contribution >= 0.6 is 0 Å². The third-order valence-corrected chi connectivity index (χ3v) is 6.23. The topological polar surface area (TPSA) is 94.1 Å². The summed E-state index contributed by atoms with van der Waals surface area (Å²) in [6.07, 6.45) is 1.57. The summed E-state index contributed by atoms with van der Waals surface area (Å²) in [5, 5.41) is 18.8. The molecule has 6 rings (SSSR count). The number of aromatic hydroxyl groups is 1. The van der Waals surface area contributed by atoms with Gasteiger partial charge in [0.25, 0.3) is 0 Å². The van der Waals surface area contributed by atoms with Crippen molar-refractivity contribution in [1.29, 1.82) is 0 Å². The molecule has 1 aliphatic heterocycles. The average molecular weight is 478 g/mol. The number of aromatic nitrogens is 4. The molecule has 0 spiro atoms. The first-order valence-electron chi connectivity index (χ1n) is 11.6. The van der Waals surface area contributed by atoms with E-state index in [9.17, 15) is 5.11 Å². The Morgan fingerprint density at radius 3 is 2.69 bits per heavy atom. The molecule has 8 nitrogen and oxygen atoms in total. The summed E-state index contributed by atoms with van der Waals surface area (Å²) in [7, 11) is 0. The lowest BCUT2D eigenvalue weighted by Crippen LogP contribution is -2.14. The van der Waals surface area contributed by atoms with Crippen LogP contribution in [0.25, 0.3) is 5.65 Å². The van der Waals surface area contributed by atoms with Gasteiger partial charge in [-0.3, -0.25) is 0 Å². The molecule has 0 fully saturated rings. The summed E-state index contributed by atoms with van der Waals surface area (Å²) < 4.78 is 7.73. The Bertz CT molecular complexity index is 1590. The Balaban J connectivity index is 1.36. The third-order valence-electron chi connectivity index (χ3n) is 6.23. The van der Waals surface area contributed by atoms with Gasteiger partial charge in [-0.25, -0.2) is 14.5 Å². The minimum atomic E-state index is -0.193. The minimum Gasteiger partial charge on any atom is -0.508 e. The van der Waals surface area contributed by atoms with E-state index in [2.05, 4.69) is 27.4 Å². The maximum absolute atomic E-state index is 10.0. The van der Waals surface area contributed by atoms with Gasteiger partial charge in [-0.2, -0.15) is 0 Å². The molecule has 1 N–H and O–H groups in total. The minimum absolute atomic E-state index is 0.112. The lowest BCUT2D eigenvalue weighted by molar-refractivity contribution is 0.125. The molecule has 3 heterocycles. The largest absolute Gasteiger partial charge is 0.508 e. The van der Waals surface area contributed by atoms with Crippen LogP contribution in [0.3, 0.4) is 0 Å². The monoisotopic (exact) mass is 477 g/mol. The Hall–Kier alpha value is -4.72. The van der Waals surface area contributed by atoms with Crippen molar-refractivity contribution in [3.63, 3.8) is 0 Å². The van der Waals surface area contributed by atoms with Crippen LogP contribution in [0.15, 0.2) is 84.3 Å². The normalized spacial score (nSPS) is 14.7. The first-order valence-corrected chi connectivity index (χ1v) is 11.6. The van der Waals surface area contributed by atoms with Crippen LogP contribution in [-0.4, -0.2) is 30.4 Å². The van der Waals surface area contributed by atoms with Gasteiger partial charge in [-0.1, -0.05) is 71.4 Å². The van der Waals surface area contributed by atoms with Crippen LogP contribution in [-0.2, 0) is 11.4 Å². The number of benzene rings is 3. The van der Waals surface area contributed by atoms with Gasteiger partial charge in [-0.15, -0.1) is 5.10 Å². The molecule has 3 aromatic carbocycles. The fourth-order valence-electron chi connectivity index (χ4n) is 4.43. The van der Waals surface area contributed by atoms with E-state index < -0.39 is 0 Å². The number of hydrogen-bond acceptors (Lipinski definition) is 7. The number of rotatable bonds is 5. The summed E-state index contributed by atoms with van der Waals surface area (Å²) in [5.41, 5.74) is 6.37. The number of ether oxygens (including phenoxy) is 1. The summed E-state index contributed by atoms with van der Waals surface area (Å²) in [5.74, 6) is 1.42. The summed E-state index contributed by atoms with van der Waals surface area (Å²) in [4.78, 5) is 14.9. The van der Waals surface area contributed by atoms with Gasteiger partial charge in [0.2, 0.25) is 5.88 Å². The van der Waals surface area contributed by atoms with Crippen LogP contribution in [0.5, 0.6) is 17.4 Å². The summed E-state index contributed by atoms with van der Waals surface area (Å²) in [6, 6.07) is 23.3. The predicted molar refractivity (Wildman–Crippen MR) is 135 cm³/mol. The van der Waals surface area contributed by atoms with E-state index in [4.69, 9.17) is 14.6 Å². The fourth-order valence-corrected chi connectivity index (χ4v) is 4.43. The standard InChI is InChI=1S/C28H23N5O3/c1-17-8-10-19(11-9-17)18(2)32-35-15-24-30-27-26-25(20-6-4-3-5-7-20)22-13-12-21(34)14-23(22)36-28(26)29-16-33(27)31-24/h3-14,16,25,34H,15H2,1-2H3/b32-18-. The molecule has 0 saturated carbocycles. The van der Waals surface area contributed by atoms with Crippen molar-refractivity contribution in [2.45, 2.75) is 26.4 Å². The van der Waals surface area contributed by atoms with E-state index in [1.165, 1.54) is 5.56 Å². The molecule has 36 heavy (non-hydrogen) atoms. The van der Waals surface area contributed by atoms with Crippen molar-refractivity contribution >= 4 is 11.4 Å². The Morgan fingerprint density at radius 2 is 1.89 bits per heavy atom. The number of fused-ring (bicyclic) bond motifs is 4. The first kappa shape index (κ1) is 21.8. The number of phenols is 1. The number of nitrogens with zero attached hydrogens (tertiary/aromatic N) is 5. The summed E-state index contributed by atoms with van der Waals surface area (Å²) >= 11 is 0. The number of hydrogen-bond donors (Lipinski definition) is 1. The second-order valence-corrected chi connectivity index (χ2v) is 8.74. The van der Waals surface area contributed by atoms with Gasteiger partial charge in [0.1, 0.15) is 17.8 Å². The van der Waals surface area contributed by atoms with Gasteiger partial charge < -0.3 is 14.7 Å². The Morgan fingerprint density at radius 1 is 1.08 bits per heavy atom. The van der Waals surface area contributed by atoms with Gasteiger partial charge >= 0.3 is 0 Å². The van der Waals surface area contributed by atoms with Crippen LogP contribution in [0.1, 0.15) is 46.5 Å². The lowest BCUT2D eigenvalue weighted by atomic mass is 9.84. The van der Waals surface area contributed by atoms with Crippen LogP contribution < -0.4 is 4.74 Å². The average Bonchev–Trinajstić information content (AvgIpc) is 3.31. The van der Waals surface area contributed by atoms with Crippen molar-refractivity contribution in [2.75, 3.05) is 0 Å². The van der Waals surface area contributed by atoms with E-state index in [0.717, 1.165) is 28.0 Å². The molecule has 2 aromatic heterocycles. The molecular weight excluding hydrogens is 454 g/mol. The van der Waals surface area contributed by atoms with E-state index in [1.54, 1.807) is 23.0 Å². The quantitative estimate of drug-likeness (QED) is 0.265. The van der Waals surface area contributed by atoms with E-state index >= 15 is 0 Å². The second kappa shape index (κ2) is 8.81. The molecule has 0 radical (unpaired) electrons. The van der Waals surface area contributed by atoms with Gasteiger partial charge in [0.05, 0.1) is 11.3 Å². The second-order valence-electron chi connectivity index (χ2n) is 8.74.